The van der Waals surface area contributed by atoms with Crippen molar-refractivity contribution in [3.05, 3.63) is 23.8 Å². The topological polar surface area (TPSA) is 163 Å². The van der Waals surface area contributed by atoms with Crippen LogP contribution in [0.5, 0.6) is 0 Å². The fourth-order valence-electron chi connectivity index (χ4n) is 4.56. The number of fused-ring (bicyclic) bond motifs is 1. The van der Waals surface area contributed by atoms with Gasteiger partial charge in [-0.15, -0.1) is 0 Å². The predicted molar refractivity (Wildman–Crippen MR) is 128 cm³/mol. The number of nitrogens with two attached hydrogens (primary N) is 2. The molecule has 10 nitrogen and oxygen atoms in total. The van der Waals surface area contributed by atoms with Crippen LogP contribution >= 0.6 is 0 Å². The molecule has 1 aromatic carbocycles. The van der Waals surface area contributed by atoms with Crippen molar-refractivity contribution in [2.24, 2.45) is 22.4 Å². The number of hydrogen-bond donors (Lipinski definition) is 5. The van der Waals surface area contributed by atoms with E-state index in [0.717, 1.165) is 24.8 Å². The number of amides is 1. The lowest BCUT2D eigenvalue weighted by Gasteiger charge is -2.37. The normalized spacial score (nSPS) is 21.6. The fraction of sp³-hybridized carbons (Fsp3) is 0.636. The zero-order valence-electron chi connectivity index (χ0n) is 19.2. The molecule has 184 valence electrons. The number of benzene rings is 1. The molecule has 0 radical (unpaired) electrons. The zero-order valence-corrected chi connectivity index (χ0v) is 20.0. The number of guanidine groups is 1. The molecular weight excluding hydrogens is 444 g/mol. The molecule has 11 heteroatoms. The third kappa shape index (κ3) is 6.36. The highest BCUT2D eigenvalue weighted by atomic mass is 32.2. The molecule has 2 heterocycles. The number of nitrogens with one attached hydrogen (secondary N) is 2. The van der Waals surface area contributed by atoms with Gasteiger partial charge in [-0.05, 0) is 56.1 Å². The molecule has 2 aliphatic heterocycles. The smallest absolute Gasteiger partial charge is 0.243 e. The molecule has 0 saturated carbocycles. The number of para-hydroxylation sites is 1. The van der Waals surface area contributed by atoms with E-state index in [9.17, 15) is 18.3 Å². The summed E-state index contributed by atoms with van der Waals surface area (Å²) in [7, 11) is -3.99. The van der Waals surface area contributed by atoms with E-state index in [1.807, 2.05) is 6.07 Å². The number of aliphatic imine (C=N–C) groups is 1. The van der Waals surface area contributed by atoms with Gasteiger partial charge in [-0.1, -0.05) is 19.1 Å². The molecule has 33 heavy (non-hydrogen) atoms. The highest BCUT2D eigenvalue weighted by Gasteiger charge is 2.34. The Hall–Kier alpha value is -2.37. The van der Waals surface area contributed by atoms with Crippen molar-refractivity contribution in [2.75, 3.05) is 31.6 Å². The Morgan fingerprint density at radius 1 is 1.36 bits per heavy atom. The summed E-state index contributed by atoms with van der Waals surface area (Å²) >= 11 is 0. The van der Waals surface area contributed by atoms with E-state index in [-0.39, 0.29) is 42.4 Å². The monoisotopic (exact) mass is 480 g/mol. The lowest BCUT2D eigenvalue weighted by atomic mass is 9.96. The van der Waals surface area contributed by atoms with Gasteiger partial charge in [0.05, 0.1) is 18.3 Å². The number of likely N-dealkylation sites (tertiary alicyclic amines) is 1. The summed E-state index contributed by atoms with van der Waals surface area (Å²) in [6.45, 7) is 3.44. The third-order valence-electron chi connectivity index (χ3n) is 6.26. The molecule has 1 amide bonds. The molecule has 2 aliphatic rings. The molecule has 0 aromatic heterocycles. The lowest BCUT2D eigenvalue weighted by molar-refractivity contribution is -0.138. The minimum absolute atomic E-state index is 0.0500. The summed E-state index contributed by atoms with van der Waals surface area (Å²) in [6.07, 6.45) is 3.91. The largest absolute Gasteiger partial charge is 0.394 e. The van der Waals surface area contributed by atoms with Gasteiger partial charge in [0.2, 0.25) is 15.9 Å². The van der Waals surface area contributed by atoms with Crippen LogP contribution in [0.4, 0.5) is 5.69 Å². The first-order chi connectivity index (χ1) is 15.7. The summed E-state index contributed by atoms with van der Waals surface area (Å²) in [4.78, 5) is 19.1. The number of carbonyl (C=O) groups excluding carboxylic acids is 1. The molecule has 7 N–H and O–H groups in total. The third-order valence-corrected chi connectivity index (χ3v) is 7.77. The number of rotatable bonds is 9. The van der Waals surface area contributed by atoms with Crippen LogP contribution in [0.1, 0.15) is 44.6 Å². The van der Waals surface area contributed by atoms with Crippen LogP contribution in [0, 0.1) is 5.92 Å². The highest BCUT2D eigenvalue weighted by molar-refractivity contribution is 7.89. The van der Waals surface area contributed by atoms with Gasteiger partial charge in [0, 0.05) is 19.6 Å². The number of anilines is 1. The van der Waals surface area contributed by atoms with E-state index in [1.165, 1.54) is 0 Å². The van der Waals surface area contributed by atoms with Gasteiger partial charge in [0.1, 0.15) is 10.9 Å². The van der Waals surface area contributed by atoms with E-state index in [1.54, 1.807) is 17.0 Å². The van der Waals surface area contributed by atoms with Gasteiger partial charge in [-0.25, -0.2) is 8.42 Å². The van der Waals surface area contributed by atoms with Crippen molar-refractivity contribution in [1.82, 2.24) is 9.62 Å². The summed E-state index contributed by atoms with van der Waals surface area (Å²) in [5.41, 5.74) is 12.3. The number of nitrogens with zero attached hydrogens (tertiary/aromatic N) is 2. The molecule has 0 spiro atoms. The molecule has 1 fully saturated rings. The van der Waals surface area contributed by atoms with E-state index < -0.39 is 16.1 Å². The van der Waals surface area contributed by atoms with E-state index in [0.29, 0.717) is 37.5 Å². The Kier molecular flexibility index (Phi) is 8.55. The molecule has 0 bridgehead atoms. The zero-order chi connectivity index (χ0) is 24.0. The quantitative estimate of drug-likeness (QED) is 0.194. The number of aliphatic hydroxyl groups excluding tert-OH is 1. The maximum Gasteiger partial charge on any atom is 0.243 e. The van der Waals surface area contributed by atoms with Crippen LogP contribution in [-0.2, 0) is 21.2 Å². The second kappa shape index (κ2) is 11.2. The second-order valence-electron chi connectivity index (χ2n) is 8.97. The van der Waals surface area contributed by atoms with Crippen molar-refractivity contribution >= 4 is 27.6 Å². The van der Waals surface area contributed by atoms with Crippen molar-refractivity contribution < 1.29 is 18.3 Å². The summed E-state index contributed by atoms with van der Waals surface area (Å²) in [6, 6.07) is 3.94. The molecule has 1 saturated heterocycles. The molecule has 1 aromatic rings. The Labute approximate surface area is 195 Å². The molecule has 0 aliphatic carbocycles. The lowest BCUT2D eigenvalue weighted by Crippen LogP contribution is -2.54. The van der Waals surface area contributed by atoms with Crippen LogP contribution in [0.25, 0.3) is 0 Å². The molecule has 3 rings (SSSR count). The van der Waals surface area contributed by atoms with Gasteiger partial charge in [0.15, 0.2) is 5.96 Å². The van der Waals surface area contributed by atoms with Crippen molar-refractivity contribution in [3.8, 4) is 0 Å². The standard InChI is InChI=1S/C22H36N6O4S/c1-15-12-16-6-4-9-19(20(16)26-13-15)33(31,32)27-18(8-5-10-25-22(23)24)21(30)28-11-3-2-7-17(28)14-29/h4,6,9,15,17-18,26-27,29H,2-3,5,7-8,10-14H2,1H3,(H4,23,24,25)/t15?,17-,18?/m0/s1. The van der Waals surface area contributed by atoms with Gasteiger partial charge in [-0.3, -0.25) is 9.79 Å². The number of sulfonamides is 1. The Morgan fingerprint density at radius 2 is 2.15 bits per heavy atom. The number of hydrogen-bond acceptors (Lipinski definition) is 6. The molecular formula is C22H36N6O4S. The van der Waals surface area contributed by atoms with Gasteiger partial charge in [0.25, 0.3) is 0 Å². The van der Waals surface area contributed by atoms with Crippen LogP contribution in [-0.4, -0.2) is 68.6 Å². The number of aliphatic hydroxyl groups is 1. The average Bonchev–Trinajstić information content (AvgIpc) is 2.79. The van der Waals surface area contributed by atoms with E-state index in [2.05, 4.69) is 22.0 Å². The van der Waals surface area contributed by atoms with E-state index >= 15 is 0 Å². The molecule has 3 atom stereocenters. The minimum Gasteiger partial charge on any atom is -0.394 e. The van der Waals surface area contributed by atoms with Crippen molar-refractivity contribution in [3.63, 3.8) is 0 Å². The SMILES string of the molecule is CC1CNc2c(cccc2S(=O)(=O)NC(CCCN=C(N)N)C(=O)N2CCCC[C@H]2CO)C1. The average molecular weight is 481 g/mol. The first kappa shape index (κ1) is 25.3. The highest BCUT2D eigenvalue weighted by Crippen LogP contribution is 2.31. The van der Waals surface area contributed by atoms with E-state index in [4.69, 9.17) is 11.5 Å². The Bertz CT molecular complexity index is 964. The summed E-state index contributed by atoms with van der Waals surface area (Å²) < 4.78 is 29.5. The van der Waals surface area contributed by atoms with Crippen LogP contribution in [0.15, 0.2) is 28.1 Å². The van der Waals surface area contributed by atoms with Crippen LogP contribution in [0.2, 0.25) is 0 Å². The van der Waals surface area contributed by atoms with Crippen molar-refractivity contribution in [2.45, 2.75) is 62.4 Å². The van der Waals surface area contributed by atoms with Gasteiger partial charge >= 0.3 is 0 Å². The Balaban J connectivity index is 1.85. The first-order valence-electron chi connectivity index (χ1n) is 11.6. The number of piperidine rings is 1. The fourth-order valence-corrected chi connectivity index (χ4v) is 6.01. The maximum atomic E-state index is 13.4. The summed E-state index contributed by atoms with van der Waals surface area (Å²) in [5.74, 6) is 0.0299. The predicted octanol–water partition coefficient (Wildman–Crippen LogP) is 0.365. The molecule has 2 unspecified atom stereocenters. The Morgan fingerprint density at radius 3 is 2.88 bits per heavy atom. The maximum absolute atomic E-state index is 13.4. The van der Waals surface area contributed by atoms with Crippen LogP contribution in [0.3, 0.4) is 0 Å². The van der Waals surface area contributed by atoms with Gasteiger partial charge in [-0.2, -0.15) is 4.72 Å². The number of carbonyl (C=O) groups is 1. The second-order valence-corrected chi connectivity index (χ2v) is 10.6. The van der Waals surface area contributed by atoms with Gasteiger partial charge < -0.3 is 26.8 Å². The summed E-state index contributed by atoms with van der Waals surface area (Å²) in [5, 5.41) is 13.0. The minimum atomic E-state index is -3.99. The van der Waals surface area contributed by atoms with Crippen LogP contribution < -0.4 is 21.5 Å². The van der Waals surface area contributed by atoms with Crippen molar-refractivity contribution in [1.29, 1.82) is 0 Å². The first-order valence-corrected chi connectivity index (χ1v) is 13.1.